The summed E-state index contributed by atoms with van der Waals surface area (Å²) in [6.07, 6.45) is 3.86. The van der Waals surface area contributed by atoms with Crippen molar-refractivity contribution in [1.29, 1.82) is 0 Å². The third kappa shape index (κ3) is 7.51. The Hall–Kier alpha value is -1.49. The molecule has 0 saturated heterocycles. The maximum absolute atomic E-state index is 12.0. The van der Waals surface area contributed by atoms with Gasteiger partial charge in [-0.15, -0.1) is 0 Å². The molecule has 2 rings (SSSR count). The predicted molar refractivity (Wildman–Crippen MR) is 104 cm³/mol. The van der Waals surface area contributed by atoms with Crippen molar-refractivity contribution in [2.24, 2.45) is 0 Å². The number of halogens is 1. The van der Waals surface area contributed by atoms with Gasteiger partial charge in [0.1, 0.15) is 0 Å². The number of nitrogens with one attached hydrogen (secondary N) is 1. The fourth-order valence-electron chi connectivity index (χ4n) is 2.42. The van der Waals surface area contributed by atoms with E-state index in [2.05, 4.69) is 17.4 Å². The number of aryl methyl sites for hydroxylation is 1. The Morgan fingerprint density at radius 2 is 1.80 bits per heavy atom. The van der Waals surface area contributed by atoms with Crippen LogP contribution in [0, 0.1) is 0 Å². The average Bonchev–Trinajstić information content (AvgIpc) is 2.63. The van der Waals surface area contributed by atoms with E-state index < -0.39 is 0 Å². The first kappa shape index (κ1) is 19.8. The molecule has 2 aromatic rings. The van der Waals surface area contributed by atoms with E-state index in [0.717, 1.165) is 35.6 Å². The number of aliphatic hydroxyl groups is 1. The van der Waals surface area contributed by atoms with Crippen molar-refractivity contribution in [3.05, 3.63) is 59.1 Å². The minimum atomic E-state index is 0.0790. The number of amides is 1. The number of hydrogen-bond acceptors (Lipinski definition) is 3. The molecule has 0 fully saturated rings. The molecule has 134 valence electrons. The molecule has 1 amide bonds. The SMILES string of the molecule is O=C(CCc1ccccc1Sc1ccc(Cl)cc1)NCCCCCO. The lowest BCUT2D eigenvalue weighted by atomic mass is 10.1. The van der Waals surface area contributed by atoms with Gasteiger partial charge in [0.2, 0.25) is 5.91 Å². The summed E-state index contributed by atoms with van der Waals surface area (Å²) < 4.78 is 0. The van der Waals surface area contributed by atoms with Crippen LogP contribution < -0.4 is 5.32 Å². The van der Waals surface area contributed by atoms with Gasteiger partial charge in [-0.25, -0.2) is 0 Å². The minimum Gasteiger partial charge on any atom is -0.396 e. The molecule has 0 spiro atoms. The quantitative estimate of drug-likeness (QED) is 0.590. The Bertz CT molecular complexity index is 661. The lowest BCUT2D eigenvalue weighted by Crippen LogP contribution is -2.24. The average molecular weight is 378 g/mol. The van der Waals surface area contributed by atoms with E-state index in [1.807, 2.05) is 36.4 Å². The van der Waals surface area contributed by atoms with Crippen LogP contribution in [0.2, 0.25) is 5.02 Å². The van der Waals surface area contributed by atoms with Gasteiger partial charge in [-0.1, -0.05) is 41.6 Å². The van der Waals surface area contributed by atoms with Gasteiger partial charge < -0.3 is 10.4 Å². The van der Waals surface area contributed by atoms with E-state index in [1.54, 1.807) is 11.8 Å². The highest BCUT2D eigenvalue weighted by molar-refractivity contribution is 7.99. The van der Waals surface area contributed by atoms with Crippen LogP contribution >= 0.6 is 23.4 Å². The second-order valence-electron chi connectivity index (χ2n) is 5.80. The first-order valence-electron chi connectivity index (χ1n) is 8.58. The first-order valence-corrected chi connectivity index (χ1v) is 9.77. The van der Waals surface area contributed by atoms with Crippen LogP contribution in [0.15, 0.2) is 58.3 Å². The number of hydrogen-bond donors (Lipinski definition) is 2. The Labute approximate surface area is 158 Å². The molecule has 5 heteroatoms. The standard InChI is InChI=1S/C20H24ClNO2S/c21-17-9-11-18(12-10-17)25-19-7-3-2-6-16(19)8-13-20(24)22-14-4-1-5-15-23/h2-3,6-7,9-12,23H,1,4-5,8,13-15H2,(H,22,24). The third-order valence-electron chi connectivity index (χ3n) is 3.79. The second kappa shape index (κ2) is 11.2. The fraction of sp³-hybridized carbons (Fsp3) is 0.350. The number of aliphatic hydroxyl groups excluding tert-OH is 1. The minimum absolute atomic E-state index is 0.0790. The highest BCUT2D eigenvalue weighted by Crippen LogP contribution is 2.31. The topological polar surface area (TPSA) is 49.3 Å². The van der Waals surface area contributed by atoms with Gasteiger partial charge in [0, 0.05) is 34.4 Å². The van der Waals surface area contributed by atoms with Crippen LogP contribution in [-0.4, -0.2) is 24.2 Å². The van der Waals surface area contributed by atoms with Crippen molar-refractivity contribution >= 4 is 29.3 Å². The van der Waals surface area contributed by atoms with E-state index in [-0.39, 0.29) is 12.5 Å². The molecule has 0 bridgehead atoms. The molecule has 0 aliphatic rings. The molecule has 2 N–H and O–H groups in total. The van der Waals surface area contributed by atoms with Crippen molar-refractivity contribution in [3.8, 4) is 0 Å². The normalized spacial score (nSPS) is 10.6. The van der Waals surface area contributed by atoms with Crippen molar-refractivity contribution in [2.75, 3.05) is 13.2 Å². The summed E-state index contributed by atoms with van der Waals surface area (Å²) in [5.41, 5.74) is 1.18. The number of unbranched alkanes of at least 4 members (excludes halogenated alkanes) is 2. The van der Waals surface area contributed by atoms with Crippen LogP contribution in [0.4, 0.5) is 0 Å². The van der Waals surface area contributed by atoms with Crippen molar-refractivity contribution < 1.29 is 9.90 Å². The van der Waals surface area contributed by atoms with E-state index in [0.29, 0.717) is 13.0 Å². The third-order valence-corrected chi connectivity index (χ3v) is 5.17. The molecule has 0 saturated carbocycles. The summed E-state index contributed by atoms with van der Waals surface area (Å²) in [5, 5.41) is 12.4. The Morgan fingerprint density at radius 1 is 1.04 bits per heavy atom. The van der Waals surface area contributed by atoms with Gasteiger partial charge in [-0.2, -0.15) is 0 Å². The van der Waals surface area contributed by atoms with E-state index >= 15 is 0 Å². The monoisotopic (exact) mass is 377 g/mol. The number of rotatable bonds is 10. The van der Waals surface area contributed by atoms with Gasteiger partial charge in [0.15, 0.2) is 0 Å². The van der Waals surface area contributed by atoms with Crippen LogP contribution in [0.5, 0.6) is 0 Å². The second-order valence-corrected chi connectivity index (χ2v) is 7.35. The maximum atomic E-state index is 12.0. The summed E-state index contributed by atoms with van der Waals surface area (Å²) in [7, 11) is 0. The van der Waals surface area contributed by atoms with Crippen LogP contribution in [0.3, 0.4) is 0 Å². The smallest absolute Gasteiger partial charge is 0.220 e. The summed E-state index contributed by atoms with van der Waals surface area (Å²) in [5.74, 6) is 0.0790. The van der Waals surface area contributed by atoms with Crippen LogP contribution in [-0.2, 0) is 11.2 Å². The molecule has 0 heterocycles. The van der Waals surface area contributed by atoms with E-state index in [1.165, 1.54) is 10.5 Å². The summed E-state index contributed by atoms with van der Waals surface area (Å²) in [6.45, 7) is 0.899. The van der Waals surface area contributed by atoms with E-state index in [9.17, 15) is 4.79 Å². The molecule has 0 aliphatic heterocycles. The van der Waals surface area contributed by atoms with Gasteiger partial charge in [-0.05, 0) is 61.6 Å². The fourth-order valence-corrected chi connectivity index (χ4v) is 3.52. The largest absolute Gasteiger partial charge is 0.396 e. The van der Waals surface area contributed by atoms with Gasteiger partial charge >= 0.3 is 0 Å². The highest BCUT2D eigenvalue weighted by atomic mass is 35.5. The Kier molecular flexibility index (Phi) is 8.87. The van der Waals surface area contributed by atoms with Gasteiger partial charge in [-0.3, -0.25) is 4.79 Å². The summed E-state index contributed by atoms with van der Waals surface area (Å²) >= 11 is 7.62. The molecule has 2 aromatic carbocycles. The van der Waals surface area contributed by atoms with Crippen molar-refractivity contribution in [2.45, 2.75) is 41.9 Å². The van der Waals surface area contributed by atoms with Gasteiger partial charge in [0.05, 0.1) is 0 Å². The molecule has 0 aromatic heterocycles. The van der Waals surface area contributed by atoms with Crippen LogP contribution in [0.1, 0.15) is 31.2 Å². The first-order chi connectivity index (χ1) is 12.2. The molecule has 0 unspecified atom stereocenters. The maximum Gasteiger partial charge on any atom is 0.220 e. The number of carbonyl (C=O) groups excluding carboxylic acids is 1. The lowest BCUT2D eigenvalue weighted by Gasteiger charge is -2.10. The lowest BCUT2D eigenvalue weighted by molar-refractivity contribution is -0.121. The van der Waals surface area contributed by atoms with Crippen molar-refractivity contribution in [1.82, 2.24) is 5.32 Å². The number of carbonyl (C=O) groups is 1. The molecular weight excluding hydrogens is 354 g/mol. The Morgan fingerprint density at radius 3 is 2.56 bits per heavy atom. The Balaban J connectivity index is 1.83. The molecule has 0 aliphatic carbocycles. The molecule has 3 nitrogen and oxygen atoms in total. The highest BCUT2D eigenvalue weighted by Gasteiger charge is 2.07. The zero-order valence-electron chi connectivity index (χ0n) is 14.2. The molecule has 0 atom stereocenters. The number of benzene rings is 2. The molecular formula is C20H24ClNO2S. The predicted octanol–water partition coefficient (Wildman–Crippen LogP) is 4.70. The van der Waals surface area contributed by atoms with Crippen molar-refractivity contribution in [3.63, 3.8) is 0 Å². The zero-order valence-corrected chi connectivity index (χ0v) is 15.8. The summed E-state index contributed by atoms with van der Waals surface area (Å²) in [6, 6.07) is 16.0. The molecule has 0 radical (unpaired) electrons. The van der Waals surface area contributed by atoms with E-state index in [4.69, 9.17) is 16.7 Å². The van der Waals surface area contributed by atoms with Crippen LogP contribution in [0.25, 0.3) is 0 Å². The summed E-state index contributed by atoms with van der Waals surface area (Å²) in [4.78, 5) is 14.3. The zero-order chi connectivity index (χ0) is 17.9. The van der Waals surface area contributed by atoms with Gasteiger partial charge in [0.25, 0.3) is 0 Å². The molecule has 25 heavy (non-hydrogen) atoms.